The van der Waals surface area contributed by atoms with E-state index in [-0.39, 0.29) is 8.41 Å². The molecule has 53 valence electrons. The molecule has 0 spiro atoms. The zero-order valence-corrected chi connectivity index (χ0v) is 6.99. The van der Waals surface area contributed by atoms with Gasteiger partial charge in [-0.1, -0.05) is 13.8 Å². The molecular formula is C6H14BClN. The first kappa shape index (κ1) is 12.0. The maximum atomic E-state index is 5.51. The Labute approximate surface area is 64.9 Å². The maximum Gasteiger partial charge on any atom is 0.0351 e. The van der Waals surface area contributed by atoms with Crippen molar-refractivity contribution in [3.8, 4) is 0 Å². The smallest absolute Gasteiger partial charge is 0.0351 e. The minimum Gasteiger partial charge on any atom is -0.303 e. The van der Waals surface area contributed by atoms with Gasteiger partial charge in [-0.3, -0.25) is 0 Å². The lowest BCUT2D eigenvalue weighted by molar-refractivity contribution is 0.323. The highest BCUT2D eigenvalue weighted by Crippen LogP contribution is 1.86. The molecule has 0 aliphatic heterocycles. The third-order valence-electron chi connectivity index (χ3n) is 1.30. The topological polar surface area (TPSA) is 3.24 Å². The van der Waals surface area contributed by atoms with Gasteiger partial charge in [0.05, 0.1) is 0 Å². The molecule has 0 unspecified atom stereocenters. The molecule has 0 rings (SSSR count). The number of hydrogen-bond acceptors (Lipinski definition) is 1. The summed E-state index contributed by atoms with van der Waals surface area (Å²) in [5.74, 6) is 0.752. The van der Waals surface area contributed by atoms with Crippen LogP contribution in [0.1, 0.15) is 13.8 Å². The summed E-state index contributed by atoms with van der Waals surface area (Å²) in [4.78, 5) is 2.30. The van der Waals surface area contributed by atoms with Gasteiger partial charge in [-0.25, -0.2) is 0 Å². The highest BCUT2D eigenvalue weighted by molar-refractivity contribution is 6.18. The molecule has 0 aromatic heterocycles. The molecule has 0 atom stereocenters. The van der Waals surface area contributed by atoms with E-state index >= 15 is 0 Å². The van der Waals surface area contributed by atoms with Crippen LogP contribution in [0.5, 0.6) is 0 Å². The Morgan fingerprint density at radius 2 is 1.67 bits per heavy atom. The van der Waals surface area contributed by atoms with Gasteiger partial charge in [0.1, 0.15) is 0 Å². The molecule has 0 aromatic rings. The lowest BCUT2D eigenvalue weighted by Gasteiger charge is -2.14. The van der Waals surface area contributed by atoms with E-state index in [0.717, 1.165) is 25.5 Å². The average molecular weight is 146 g/mol. The van der Waals surface area contributed by atoms with Gasteiger partial charge in [-0.05, 0) is 13.1 Å². The minimum atomic E-state index is 0. The van der Waals surface area contributed by atoms with Crippen LogP contribution in [0.15, 0.2) is 0 Å². The Kier molecular flexibility index (Phi) is 11.1. The summed E-state index contributed by atoms with van der Waals surface area (Å²) in [6, 6.07) is 0. The molecule has 3 radical (unpaired) electrons. The summed E-state index contributed by atoms with van der Waals surface area (Å²) in [6.45, 7) is 7.55. The van der Waals surface area contributed by atoms with Crippen LogP contribution in [0.25, 0.3) is 0 Å². The summed E-state index contributed by atoms with van der Waals surface area (Å²) < 4.78 is 0. The van der Waals surface area contributed by atoms with E-state index in [1.165, 1.54) is 0 Å². The molecule has 0 aliphatic rings. The molecule has 0 fully saturated rings. The molecule has 0 aliphatic carbocycles. The van der Waals surface area contributed by atoms with Crippen molar-refractivity contribution in [2.75, 3.05) is 25.5 Å². The Bertz CT molecular complexity index is 48.3. The van der Waals surface area contributed by atoms with Crippen molar-refractivity contribution in [1.82, 2.24) is 4.90 Å². The second kappa shape index (κ2) is 8.31. The van der Waals surface area contributed by atoms with Gasteiger partial charge >= 0.3 is 0 Å². The monoisotopic (exact) mass is 146 g/mol. The Morgan fingerprint density at radius 3 is 1.78 bits per heavy atom. The van der Waals surface area contributed by atoms with Crippen molar-refractivity contribution in [1.29, 1.82) is 0 Å². The van der Waals surface area contributed by atoms with Crippen LogP contribution < -0.4 is 0 Å². The van der Waals surface area contributed by atoms with E-state index in [4.69, 9.17) is 11.6 Å². The molecule has 0 N–H and O–H groups in total. The van der Waals surface area contributed by atoms with Crippen molar-refractivity contribution in [3.05, 3.63) is 0 Å². The minimum absolute atomic E-state index is 0. The summed E-state index contributed by atoms with van der Waals surface area (Å²) in [5, 5.41) is 0. The zero-order chi connectivity index (χ0) is 6.41. The van der Waals surface area contributed by atoms with E-state index in [1.807, 2.05) is 0 Å². The fourth-order valence-corrected chi connectivity index (χ4v) is 0.898. The third-order valence-corrected chi connectivity index (χ3v) is 1.46. The highest BCUT2D eigenvalue weighted by Gasteiger charge is 1.93. The van der Waals surface area contributed by atoms with E-state index in [1.54, 1.807) is 0 Å². The van der Waals surface area contributed by atoms with Crippen LogP contribution in [0, 0.1) is 0 Å². The number of alkyl halides is 1. The van der Waals surface area contributed by atoms with E-state index in [2.05, 4.69) is 18.7 Å². The van der Waals surface area contributed by atoms with Gasteiger partial charge in [-0.2, -0.15) is 0 Å². The fraction of sp³-hybridized carbons (Fsp3) is 1.00. The van der Waals surface area contributed by atoms with Crippen molar-refractivity contribution >= 4 is 20.0 Å². The van der Waals surface area contributed by atoms with Crippen LogP contribution in [-0.2, 0) is 0 Å². The molecule has 0 saturated carbocycles. The first-order valence-electron chi connectivity index (χ1n) is 3.13. The summed E-state index contributed by atoms with van der Waals surface area (Å²) >= 11 is 5.51. The van der Waals surface area contributed by atoms with Gasteiger partial charge in [0, 0.05) is 20.8 Å². The summed E-state index contributed by atoms with van der Waals surface area (Å²) in [5.41, 5.74) is 0. The lowest BCUT2D eigenvalue weighted by Crippen LogP contribution is -2.24. The van der Waals surface area contributed by atoms with Gasteiger partial charge in [0.2, 0.25) is 0 Å². The van der Waals surface area contributed by atoms with E-state index in [0.29, 0.717) is 0 Å². The van der Waals surface area contributed by atoms with Crippen molar-refractivity contribution in [2.24, 2.45) is 0 Å². The summed E-state index contributed by atoms with van der Waals surface area (Å²) in [7, 11) is 0. The molecule has 9 heavy (non-hydrogen) atoms. The molecule has 0 bridgehead atoms. The second-order valence-corrected chi connectivity index (χ2v) is 2.09. The average Bonchev–Trinajstić information content (AvgIpc) is 1.83. The fourth-order valence-electron chi connectivity index (χ4n) is 0.659. The van der Waals surface area contributed by atoms with Gasteiger partial charge in [-0.15, -0.1) is 11.6 Å². The largest absolute Gasteiger partial charge is 0.303 e. The normalized spacial score (nSPS) is 9.33. The summed E-state index contributed by atoms with van der Waals surface area (Å²) in [6.07, 6.45) is 0. The SMILES string of the molecule is CCN(CC)CCCl.[B]. The Balaban J connectivity index is 0. The second-order valence-electron chi connectivity index (χ2n) is 1.72. The maximum absolute atomic E-state index is 5.51. The van der Waals surface area contributed by atoms with Crippen LogP contribution in [0.3, 0.4) is 0 Å². The molecule has 3 heteroatoms. The van der Waals surface area contributed by atoms with Crippen molar-refractivity contribution < 1.29 is 0 Å². The van der Waals surface area contributed by atoms with E-state index in [9.17, 15) is 0 Å². The van der Waals surface area contributed by atoms with E-state index < -0.39 is 0 Å². The Morgan fingerprint density at radius 1 is 1.22 bits per heavy atom. The Hall–Kier alpha value is 0.315. The first-order chi connectivity index (χ1) is 3.85. The molecule has 0 amide bonds. The zero-order valence-electron chi connectivity index (χ0n) is 6.23. The lowest BCUT2D eigenvalue weighted by atomic mass is 10.5. The molecule has 1 nitrogen and oxygen atoms in total. The quantitative estimate of drug-likeness (QED) is 0.425. The van der Waals surface area contributed by atoms with Crippen LogP contribution in [0.2, 0.25) is 0 Å². The van der Waals surface area contributed by atoms with Crippen LogP contribution >= 0.6 is 11.6 Å². The number of rotatable bonds is 4. The number of hydrogen-bond donors (Lipinski definition) is 0. The number of nitrogens with zero attached hydrogens (tertiary/aromatic N) is 1. The standard InChI is InChI=1S/C6H14ClN.B/c1-3-8(4-2)6-5-7;/h3-6H2,1-2H3;. The van der Waals surface area contributed by atoms with Crippen LogP contribution in [0.4, 0.5) is 0 Å². The molecule has 0 aromatic carbocycles. The first-order valence-corrected chi connectivity index (χ1v) is 3.66. The van der Waals surface area contributed by atoms with Crippen molar-refractivity contribution in [3.63, 3.8) is 0 Å². The van der Waals surface area contributed by atoms with Crippen LogP contribution in [-0.4, -0.2) is 38.8 Å². The predicted molar refractivity (Wildman–Crippen MR) is 44.3 cm³/mol. The van der Waals surface area contributed by atoms with Crippen molar-refractivity contribution in [2.45, 2.75) is 13.8 Å². The highest BCUT2D eigenvalue weighted by atomic mass is 35.5. The molecule has 0 heterocycles. The third kappa shape index (κ3) is 6.20. The predicted octanol–water partition coefficient (Wildman–Crippen LogP) is 1.19. The number of halogens is 1. The molecular weight excluding hydrogens is 132 g/mol. The van der Waals surface area contributed by atoms with Gasteiger partial charge < -0.3 is 4.90 Å². The molecule has 0 saturated heterocycles. The van der Waals surface area contributed by atoms with Gasteiger partial charge in [0.15, 0.2) is 0 Å². The van der Waals surface area contributed by atoms with Gasteiger partial charge in [0.25, 0.3) is 0 Å².